The van der Waals surface area contributed by atoms with Crippen molar-refractivity contribution >= 4 is 16.7 Å². The van der Waals surface area contributed by atoms with Crippen LogP contribution in [0.5, 0.6) is 0 Å². The molecule has 21 heavy (non-hydrogen) atoms. The predicted molar refractivity (Wildman–Crippen MR) is 84.5 cm³/mol. The lowest BCUT2D eigenvalue weighted by molar-refractivity contribution is 0.579. The molecule has 0 unspecified atom stereocenters. The van der Waals surface area contributed by atoms with Gasteiger partial charge >= 0.3 is 0 Å². The topological polar surface area (TPSA) is 60.6 Å². The molecule has 5 heteroatoms. The smallest absolute Gasteiger partial charge is 0.139 e. The zero-order valence-corrected chi connectivity index (χ0v) is 12.2. The zero-order valence-electron chi connectivity index (χ0n) is 12.2. The molecule has 2 N–H and O–H groups in total. The average molecular weight is 281 g/mol. The van der Waals surface area contributed by atoms with Crippen molar-refractivity contribution in [2.45, 2.75) is 26.2 Å². The summed E-state index contributed by atoms with van der Waals surface area (Å²) in [4.78, 5) is 10.3. The first-order valence-corrected chi connectivity index (χ1v) is 7.56. The highest BCUT2D eigenvalue weighted by molar-refractivity contribution is 6.02. The van der Waals surface area contributed by atoms with E-state index in [1.165, 1.54) is 35.9 Å². The summed E-state index contributed by atoms with van der Waals surface area (Å²) in [6.07, 6.45) is 9.72. The Morgan fingerprint density at radius 2 is 2.00 bits per heavy atom. The van der Waals surface area contributed by atoms with E-state index in [4.69, 9.17) is 0 Å². The summed E-state index contributed by atoms with van der Waals surface area (Å²) in [5.41, 5.74) is 5.66. The molecule has 5 nitrogen and oxygen atoms in total. The van der Waals surface area contributed by atoms with Gasteiger partial charge < -0.3 is 9.88 Å². The van der Waals surface area contributed by atoms with Crippen LogP contribution in [0.4, 0.5) is 5.69 Å². The van der Waals surface area contributed by atoms with Crippen LogP contribution in [0, 0.1) is 6.92 Å². The van der Waals surface area contributed by atoms with E-state index in [2.05, 4.69) is 38.1 Å². The maximum Gasteiger partial charge on any atom is 0.139 e. The lowest BCUT2D eigenvalue weighted by atomic mass is 10.0. The second kappa shape index (κ2) is 4.91. The average Bonchev–Trinajstić information content (AvgIpc) is 3.13. The SMILES string of the molecule is Cc1[nH]ncc1-c1c[nH]c2nccc(N3CCCCC3)c12. The number of anilines is 1. The number of nitrogens with zero attached hydrogens (tertiary/aromatic N) is 3. The molecule has 0 aromatic carbocycles. The van der Waals surface area contributed by atoms with E-state index in [1.807, 2.05) is 18.6 Å². The van der Waals surface area contributed by atoms with E-state index in [0.717, 1.165) is 30.0 Å². The number of pyridine rings is 1. The highest BCUT2D eigenvalue weighted by Crippen LogP contribution is 2.36. The Hall–Kier alpha value is -2.30. The minimum Gasteiger partial charge on any atom is -0.371 e. The van der Waals surface area contributed by atoms with E-state index in [0.29, 0.717) is 0 Å². The number of fused-ring (bicyclic) bond motifs is 1. The standard InChI is InChI=1S/C16H19N5/c1-11-12(10-19-20-11)13-9-18-16-15(13)14(5-6-17-16)21-7-3-2-4-8-21/h5-6,9-10H,2-4,7-8H2,1H3,(H,17,18)(H,19,20). The number of rotatable bonds is 2. The maximum absolute atomic E-state index is 4.48. The number of aromatic nitrogens is 4. The maximum atomic E-state index is 4.48. The van der Waals surface area contributed by atoms with Gasteiger partial charge in [0.25, 0.3) is 0 Å². The van der Waals surface area contributed by atoms with Crippen molar-refractivity contribution in [1.29, 1.82) is 0 Å². The van der Waals surface area contributed by atoms with Crippen molar-refractivity contribution in [3.05, 3.63) is 30.4 Å². The summed E-state index contributed by atoms with van der Waals surface area (Å²) >= 11 is 0. The first-order valence-electron chi connectivity index (χ1n) is 7.56. The molecule has 4 rings (SSSR count). The van der Waals surface area contributed by atoms with E-state index in [1.54, 1.807) is 0 Å². The molecule has 0 bridgehead atoms. The molecule has 0 atom stereocenters. The number of piperidine rings is 1. The van der Waals surface area contributed by atoms with Crippen molar-refractivity contribution in [2.75, 3.05) is 18.0 Å². The molecule has 3 aromatic rings. The fourth-order valence-corrected chi connectivity index (χ4v) is 3.27. The highest BCUT2D eigenvalue weighted by atomic mass is 15.1. The molecular formula is C16H19N5. The largest absolute Gasteiger partial charge is 0.371 e. The van der Waals surface area contributed by atoms with Gasteiger partial charge in [0.2, 0.25) is 0 Å². The van der Waals surface area contributed by atoms with Crippen molar-refractivity contribution in [3.63, 3.8) is 0 Å². The van der Waals surface area contributed by atoms with Crippen LogP contribution in [-0.2, 0) is 0 Å². The molecule has 1 aliphatic heterocycles. The van der Waals surface area contributed by atoms with Crippen LogP contribution in [0.1, 0.15) is 25.0 Å². The summed E-state index contributed by atoms with van der Waals surface area (Å²) in [7, 11) is 0. The van der Waals surface area contributed by atoms with Gasteiger partial charge in [-0.2, -0.15) is 5.10 Å². The summed E-state index contributed by atoms with van der Waals surface area (Å²) in [5, 5.41) is 8.39. The molecule has 3 aromatic heterocycles. The monoisotopic (exact) mass is 281 g/mol. The number of aromatic amines is 2. The van der Waals surface area contributed by atoms with Gasteiger partial charge in [-0.3, -0.25) is 5.10 Å². The predicted octanol–water partition coefficient (Wildman–Crippen LogP) is 3.25. The Morgan fingerprint density at radius 3 is 2.76 bits per heavy atom. The van der Waals surface area contributed by atoms with Crippen LogP contribution in [0.3, 0.4) is 0 Å². The normalized spacial score (nSPS) is 15.8. The van der Waals surface area contributed by atoms with Gasteiger partial charge in [-0.15, -0.1) is 0 Å². The number of nitrogens with one attached hydrogen (secondary N) is 2. The van der Waals surface area contributed by atoms with Gasteiger partial charge in [-0.05, 0) is 32.3 Å². The Morgan fingerprint density at radius 1 is 1.14 bits per heavy atom. The van der Waals surface area contributed by atoms with Crippen molar-refractivity contribution < 1.29 is 0 Å². The van der Waals surface area contributed by atoms with Crippen LogP contribution in [0.25, 0.3) is 22.2 Å². The van der Waals surface area contributed by atoms with Crippen molar-refractivity contribution in [2.24, 2.45) is 0 Å². The second-order valence-electron chi connectivity index (χ2n) is 5.71. The van der Waals surface area contributed by atoms with Gasteiger partial charge in [0.1, 0.15) is 5.65 Å². The molecule has 0 radical (unpaired) electrons. The van der Waals surface area contributed by atoms with Crippen LogP contribution >= 0.6 is 0 Å². The van der Waals surface area contributed by atoms with Crippen molar-refractivity contribution in [1.82, 2.24) is 20.2 Å². The summed E-state index contributed by atoms with van der Waals surface area (Å²) < 4.78 is 0. The fourth-order valence-electron chi connectivity index (χ4n) is 3.27. The Labute approximate surface area is 123 Å². The van der Waals surface area contributed by atoms with E-state index >= 15 is 0 Å². The van der Waals surface area contributed by atoms with Gasteiger partial charge in [-0.25, -0.2) is 4.98 Å². The molecule has 1 fully saturated rings. The van der Waals surface area contributed by atoms with E-state index in [9.17, 15) is 0 Å². The second-order valence-corrected chi connectivity index (χ2v) is 5.71. The first kappa shape index (κ1) is 12.4. The van der Waals surface area contributed by atoms with Crippen LogP contribution in [0.2, 0.25) is 0 Å². The molecule has 0 saturated carbocycles. The van der Waals surface area contributed by atoms with Crippen molar-refractivity contribution in [3.8, 4) is 11.1 Å². The molecule has 0 aliphatic carbocycles. The zero-order chi connectivity index (χ0) is 14.2. The number of hydrogen-bond donors (Lipinski definition) is 2. The highest BCUT2D eigenvalue weighted by Gasteiger charge is 2.19. The third-order valence-corrected chi connectivity index (χ3v) is 4.37. The van der Waals surface area contributed by atoms with Gasteiger partial charge in [-0.1, -0.05) is 0 Å². The third kappa shape index (κ3) is 2.00. The summed E-state index contributed by atoms with van der Waals surface area (Å²) in [6.45, 7) is 4.32. The quantitative estimate of drug-likeness (QED) is 0.758. The third-order valence-electron chi connectivity index (χ3n) is 4.37. The molecule has 0 spiro atoms. The van der Waals surface area contributed by atoms with E-state index in [-0.39, 0.29) is 0 Å². The van der Waals surface area contributed by atoms with Gasteiger partial charge in [0, 0.05) is 48.0 Å². The lowest BCUT2D eigenvalue weighted by Gasteiger charge is -2.29. The Bertz CT molecular complexity index is 764. The Balaban J connectivity index is 1.91. The lowest BCUT2D eigenvalue weighted by Crippen LogP contribution is -2.29. The summed E-state index contributed by atoms with van der Waals surface area (Å²) in [5.74, 6) is 0. The molecule has 1 aliphatic rings. The first-order chi connectivity index (χ1) is 10.3. The molecular weight excluding hydrogens is 262 g/mol. The van der Waals surface area contributed by atoms with Gasteiger partial charge in [0.05, 0.1) is 11.6 Å². The van der Waals surface area contributed by atoms with Crippen LogP contribution < -0.4 is 4.90 Å². The number of H-pyrrole nitrogens is 2. The summed E-state index contributed by atoms with van der Waals surface area (Å²) in [6, 6.07) is 2.14. The molecule has 1 saturated heterocycles. The van der Waals surface area contributed by atoms with Gasteiger partial charge in [0.15, 0.2) is 0 Å². The van der Waals surface area contributed by atoms with E-state index < -0.39 is 0 Å². The van der Waals surface area contributed by atoms with Crippen LogP contribution in [-0.4, -0.2) is 33.3 Å². The van der Waals surface area contributed by atoms with Crippen LogP contribution in [0.15, 0.2) is 24.7 Å². The molecule has 4 heterocycles. The minimum atomic E-state index is 0.952. The minimum absolute atomic E-state index is 0.952. The molecule has 0 amide bonds. The number of aryl methyl sites for hydroxylation is 1. The Kier molecular flexibility index (Phi) is 2.91. The number of hydrogen-bond acceptors (Lipinski definition) is 3. The molecule has 108 valence electrons. The fraction of sp³-hybridized carbons (Fsp3) is 0.375.